The zero-order valence-corrected chi connectivity index (χ0v) is 9.59. The summed E-state index contributed by atoms with van der Waals surface area (Å²) in [4.78, 5) is 14.3. The van der Waals surface area contributed by atoms with Crippen molar-refractivity contribution in [3.63, 3.8) is 0 Å². The molecule has 0 atom stereocenters. The summed E-state index contributed by atoms with van der Waals surface area (Å²) >= 11 is 0. The Morgan fingerprint density at radius 2 is 2.05 bits per heavy atom. The van der Waals surface area contributed by atoms with E-state index in [4.69, 9.17) is 5.73 Å². The predicted molar refractivity (Wildman–Crippen MR) is 54.6 cm³/mol. The standard InChI is InChI=1S/C10H9F5N2O2/c1-2-19-9(18)5-3-4(16)6(10(13,14)15)7(17-5)8(11)12/h3,8H,2H2,1H3,(H2,16,17). The van der Waals surface area contributed by atoms with Crippen LogP contribution in [0.2, 0.25) is 0 Å². The number of hydrogen-bond acceptors (Lipinski definition) is 4. The minimum atomic E-state index is -5.09. The third-order valence-corrected chi connectivity index (χ3v) is 2.05. The zero-order valence-electron chi connectivity index (χ0n) is 9.59. The van der Waals surface area contributed by atoms with E-state index < -0.39 is 41.2 Å². The van der Waals surface area contributed by atoms with Gasteiger partial charge in [0.25, 0.3) is 6.43 Å². The van der Waals surface area contributed by atoms with Crippen molar-refractivity contribution in [2.45, 2.75) is 19.5 Å². The fourth-order valence-corrected chi connectivity index (χ4v) is 1.36. The monoisotopic (exact) mass is 284 g/mol. The summed E-state index contributed by atoms with van der Waals surface area (Å²) in [5, 5.41) is 0. The van der Waals surface area contributed by atoms with Crippen LogP contribution in [-0.4, -0.2) is 17.6 Å². The number of alkyl halides is 5. The second-order valence-electron chi connectivity index (χ2n) is 3.38. The molecule has 0 fully saturated rings. The number of ether oxygens (including phenoxy) is 1. The maximum absolute atomic E-state index is 12.6. The highest BCUT2D eigenvalue weighted by atomic mass is 19.4. The lowest BCUT2D eigenvalue weighted by atomic mass is 10.1. The number of nitrogens with two attached hydrogens (primary N) is 1. The maximum Gasteiger partial charge on any atom is 0.420 e. The predicted octanol–water partition coefficient (Wildman–Crippen LogP) is 2.80. The molecular weight excluding hydrogens is 275 g/mol. The molecule has 0 amide bonds. The molecule has 1 rings (SSSR count). The van der Waals surface area contributed by atoms with Crippen LogP contribution in [0.3, 0.4) is 0 Å². The number of pyridine rings is 1. The molecule has 106 valence electrons. The first kappa shape index (κ1) is 15.1. The molecule has 0 radical (unpaired) electrons. The van der Waals surface area contributed by atoms with Crippen LogP contribution >= 0.6 is 0 Å². The number of aromatic nitrogens is 1. The Hall–Kier alpha value is -1.93. The van der Waals surface area contributed by atoms with Gasteiger partial charge in [0.1, 0.15) is 11.3 Å². The number of carbonyl (C=O) groups excluding carboxylic acids is 1. The van der Waals surface area contributed by atoms with Crippen molar-refractivity contribution >= 4 is 11.7 Å². The average Bonchev–Trinajstić information content (AvgIpc) is 2.26. The molecule has 1 heterocycles. The topological polar surface area (TPSA) is 65.2 Å². The fraction of sp³-hybridized carbons (Fsp3) is 0.400. The zero-order chi connectivity index (χ0) is 14.8. The van der Waals surface area contributed by atoms with E-state index in [-0.39, 0.29) is 6.61 Å². The number of nitrogen functional groups attached to an aromatic ring is 1. The number of anilines is 1. The molecule has 0 aliphatic carbocycles. The number of nitrogens with zero attached hydrogens (tertiary/aromatic N) is 1. The first-order chi connectivity index (χ1) is 8.68. The van der Waals surface area contributed by atoms with E-state index in [0.717, 1.165) is 0 Å². The SMILES string of the molecule is CCOC(=O)c1cc(N)c(C(F)(F)F)c(C(F)F)n1. The molecule has 2 N–H and O–H groups in total. The molecule has 9 heteroatoms. The van der Waals surface area contributed by atoms with Gasteiger partial charge in [0.15, 0.2) is 5.69 Å². The van der Waals surface area contributed by atoms with Crippen molar-refractivity contribution in [1.82, 2.24) is 4.98 Å². The van der Waals surface area contributed by atoms with Crippen LogP contribution in [0.5, 0.6) is 0 Å². The van der Waals surface area contributed by atoms with Gasteiger partial charge < -0.3 is 10.5 Å². The van der Waals surface area contributed by atoms with Crippen LogP contribution in [0.1, 0.15) is 35.1 Å². The van der Waals surface area contributed by atoms with E-state index in [1.54, 1.807) is 0 Å². The number of esters is 1. The molecule has 0 unspecified atom stereocenters. The maximum atomic E-state index is 12.6. The number of rotatable bonds is 3. The van der Waals surface area contributed by atoms with Crippen molar-refractivity contribution in [2.75, 3.05) is 12.3 Å². The highest BCUT2D eigenvalue weighted by molar-refractivity contribution is 5.88. The molecular formula is C10H9F5N2O2. The lowest BCUT2D eigenvalue weighted by molar-refractivity contribution is -0.139. The molecule has 0 aliphatic heterocycles. The lowest BCUT2D eigenvalue weighted by Gasteiger charge is -2.15. The Labute approximate surface area is 104 Å². The quantitative estimate of drug-likeness (QED) is 0.684. The van der Waals surface area contributed by atoms with Gasteiger partial charge in [0, 0.05) is 5.69 Å². The van der Waals surface area contributed by atoms with Gasteiger partial charge in [-0.3, -0.25) is 0 Å². The van der Waals surface area contributed by atoms with Gasteiger partial charge in [-0.25, -0.2) is 18.6 Å². The molecule has 0 aromatic carbocycles. The summed E-state index contributed by atoms with van der Waals surface area (Å²) in [5.41, 5.74) is 0.0601. The summed E-state index contributed by atoms with van der Waals surface area (Å²) in [6.07, 6.45) is -8.61. The summed E-state index contributed by atoms with van der Waals surface area (Å²) < 4.78 is 67.4. The van der Waals surface area contributed by atoms with Crippen molar-refractivity contribution in [2.24, 2.45) is 0 Å². The third kappa shape index (κ3) is 3.30. The Bertz CT molecular complexity index is 488. The first-order valence-corrected chi connectivity index (χ1v) is 5.01. The lowest BCUT2D eigenvalue weighted by Crippen LogP contribution is -2.18. The minimum absolute atomic E-state index is 0.0779. The Balaban J connectivity index is 3.42. The second-order valence-corrected chi connectivity index (χ2v) is 3.38. The van der Waals surface area contributed by atoms with E-state index in [1.807, 2.05) is 0 Å². The molecule has 0 spiro atoms. The molecule has 0 aliphatic rings. The molecule has 0 bridgehead atoms. The number of halogens is 5. The number of carbonyl (C=O) groups is 1. The summed E-state index contributed by atoms with van der Waals surface area (Å²) in [6, 6.07) is 0.562. The van der Waals surface area contributed by atoms with E-state index in [9.17, 15) is 26.7 Å². The Morgan fingerprint density at radius 1 is 1.47 bits per heavy atom. The summed E-state index contributed by atoms with van der Waals surface area (Å²) in [7, 11) is 0. The second kappa shape index (κ2) is 5.37. The first-order valence-electron chi connectivity index (χ1n) is 5.01. The van der Waals surface area contributed by atoms with Crippen molar-refractivity contribution < 1.29 is 31.5 Å². The van der Waals surface area contributed by atoms with E-state index in [0.29, 0.717) is 6.07 Å². The van der Waals surface area contributed by atoms with Gasteiger partial charge in [-0.15, -0.1) is 0 Å². The normalized spacial score (nSPS) is 11.7. The van der Waals surface area contributed by atoms with Crippen molar-refractivity contribution in [3.05, 3.63) is 23.0 Å². The smallest absolute Gasteiger partial charge is 0.420 e. The molecule has 1 aromatic rings. The van der Waals surface area contributed by atoms with Gasteiger partial charge in [-0.1, -0.05) is 0 Å². The largest absolute Gasteiger partial charge is 0.461 e. The van der Waals surface area contributed by atoms with Crippen molar-refractivity contribution in [3.8, 4) is 0 Å². The van der Waals surface area contributed by atoms with Gasteiger partial charge in [0.2, 0.25) is 0 Å². The Kier molecular flexibility index (Phi) is 4.28. The fourth-order valence-electron chi connectivity index (χ4n) is 1.36. The van der Waals surface area contributed by atoms with Gasteiger partial charge >= 0.3 is 12.1 Å². The molecule has 0 saturated heterocycles. The van der Waals surface area contributed by atoms with Crippen LogP contribution in [-0.2, 0) is 10.9 Å². The summed E-state index contributed by atoms with van der Waals surface area (Å²) in [6.45, 7) is 1.37. The van der Waals surface area contributed by atoms with Gasteiger partial charge in [-0.05, 0) is 13.0 Å². The average molecular weight is 284 g/mol. The third-order valence-electron chi connectivity index (χ3n) is 2.05. The van der Waals surface area contributed by atoms with E-state index in [2.05, 4.69) is 9.72 Å². The summed E-state index contributed by atoms with van der Waals surface area (Å²) in [5.74, 6) is -1.12. The van der Waals surface area contributed by atoms with Crippen LogP contribution in [0.15, 0.2) is 6.07 Å². The number of hydrogen-bond donors (Lipinski definition) is 1. The van der Waals surface area contributed by atoms with Crippen LogP contribution < -0.4 is 5.73 Å². The van der Waals surface area contributed by atoms with Crippen LogP contribution in [0.25, 0.3) is 0 Å². The van der Waals surface area contributed by atoms with Gasteiger partial charge in [0.05, 0.1) is 6.61 Å². The molecule has 0 saturated carbocycles. The Morgan fingerprint density at radius 3 is 2.47 bits per heavy atom. The molecule has 4 nitrogen and oxygen atoms in total. The highest BCUT2D eigenvalue weighted by Gasteiger charge is 2.40. The van der Waals surface area contributed by atoms with E-state index in [1.165, 1.54) is 6.92 Å². The molecule has 19 heavy (non-hydrogen) atoms. The highest BCUT2D eigenvalue weighted by Crippen LogP contribution is 2.39. The van der Waals surface area contributed by atoms with Crippen LogP contribution in [0, 0.1) is 0 Å². The van der Waals surface area contributed by atoms with Gasteiger partial charge in [-0.2, -0.15) is 13.2 Å². The molecule has 1 aromatic heterocycles. The van der Waals surface area contributed by atoms with Crippen molar-refractivity contribution in [1.29, 1.82) is 0 Å². The van der Waals surface area contributed by atoms with Crippen LogP contribution in [0.4, 0.5) is 27.6 Å². The van der Waals surface area contributed by atoms with E-state index >= 15 is 0 Å². The minimum Gasteiger partial charge on any atom is -0.461 e.